The highest BCUT2D eigenvalue weighted by Gasteiger charge is 2.30. The van der Waals surface area contributed by atoms with Gasteiger partial charge in [0.05, 0.1) is 0 Å². The maximum Gasteiger partial charge on any atom is 0.318 e. The Bertz CT molecular complexity index is 407. The molecule has 1 aliphatic rings. The van der Waals surface area contributed by atoms with E-state index in [1.54, 1.807) is 7.05 Å². The summed E-state index contributed by atoms with van der Waals surface area (Å²) >= 11 is 0. The summed E-state index contributed by atoms with van der Waals surface area (Å²) in [4.78, 5) is 12.4. The standard InChI is InChI=1S/C13H19N3O/c1-16(12(14)17)11-6-4-10(5-7-11)13(15)8-2-3-9-13/h4-7H,2-3,8-9,15H2,1H3,(H2,14,17). The summed E-state index contributed by atoms with van der Waals surface area (Å²) in [5.41, 5.74) is 13.3. The largest absolute Gasteiger partial charge is 0.351 e. The molecule has 0 saturated heterocycles. The minimum absolute atomic E-state index is 0.177. The number of nitrogens with two attached hydrogens (primary N) is 2. The predicted octanol–water partition coefficient (Wildman–Crippen LogP) is 1.93. The van der Waals surface area contributed by atoms with E-state index in [1.807, 2.05) is 24.3 Å². The summed E-state index contributed by atoms with van der Waals surface area (Å²) in [7, 11) is 1.66. The average molecular weight is 233 g/mol. The van der Waals surface area contributed by atoms with Crippen LogP contribution in [0.1, 0.15) is 31.2 Å². The zero-order chi connectivity index (χ0) is 12.5. The van der Waals surface area contributed by atoms with Crippen LogP contribution >= 0.6 is 0 Å². The molecule has 2 amide bonds. The zero-order valence-corrected chi connectivity index (χ0v) is 10.1. The molecule has 2 rings (SSSR count). The molecular formula is C13H19N3O. The Hall–Kier alpha value is -1.55. The highest BCUT2D eigenvalue weighted by molar-refractivity contribution is 5.89. The van der Waals surface area contributed by atoms with Gasteiger partial charge in [-0.05, 0) is 30.5 Å². The lowest BCUT2D eigenvalue weighted by molar-refractivity contribution is 0.255. The van der Waals surface area contributed by atoms with E-state index in [0.29, 0.717) is 0 Å². The molecule has 0 atom stereocenters. The second-order valence-corrected chi connectivity index (χ2v) is 4.81. The highest BCUT2D eigenvalue weighted by Crippen LogP contribution is 2.36. The molecule has 17 heavy (non-hydrogen) atoms. The van der Waals surface area contributed by atoms with Crippen molar-refractivity contribution in [2.75, 3.05) is 11.9 Å². The maximum absolute atomic E-state index is 11.0. The number of carbonyl (C=O) groups excluding carboxylic acids is 1. The van der Waals surface area contributed by atoms with Crippen molar-refractivity contribution in [3.8, 4) is 0 Å². The van der Waals surface area contributed by atoms with E-state index in [2.05, 4.69) is 0 Å². The smallest absolute Gasteiger partial charge is 0.318 e. The van der Waals surface area contributed by atoms with E-state index >= 15 is 0 Å². The molecule has 0 bridgehead atoms. The van der Waals surface area contributed by atoms with Gasteiger partial charge in [-0.2, -0.15) is 0 Å². The van der Waals surface area contributed by atoms with Crippen molar-refractivity contribution in [2.45, 2.75) is 31.2 Å². The first-order valence-corrected chi connectivity index (χ1v) is 5.95. The molecular weight excluding hydrogens is 214 g/mol. The van der Waals surface area contributed by atoms with Gasteiger partial charge in [0.25, 0.3) is 0 Å². The normalized spacial score (nSPS) is 18.0. The first-order chi connectivity index (χ1) is 8.03. The summed E-state index contributed by atoms with van der Waals surface area (Å²) in [6.07, 6.45) is 4.47. The number of hydrogen-bond donors (Lipinski definition) is 2. The Kier molecular flexibility index (Phi) is 3.07. The number of nitrogens with zero attached hydrogens (tertiary/aromatic N) is 1. The monoisotopic (exact) mass is 233 g/mol. The zero-order valence-electron chi connectivity index (χ0n) is 10.1. The van der Waals surface area contributed by atoms with Crippen molar-refractivity contribution in [1.29, 1.82) is 0 Å². The Labute approximate surface area is 102 Å². The quantitative estimate of drug-likeness (QED) is 0.819. The first kappa shape index (κ1) is 11.9. The topological polar surface area (TPSA) is 72.3 Å². The lowest BCUT2D eigenvalue weighted by Gasteiger charge is -2.25. The summed E-state index contributed by atoms with van der Waals surface area (Å²) in [5.74, 6) is 0. The van der Waals surface area contributed by atoms with Gasteiger partial charge in [0.1, 0.15) is 0 Å². The van der Waals surface area contributed by atoms with E-state index in [9.17, 15) is 4.79 Å². The maximum atomic E-state index is 11.0. The van der Waals surface area contributed by atoms with Crippen molar-refractivity contribution < 1.29 is 4.79 Å². The van der Waals surface area contributed by atoms with E-state index in [1.165, 1.54) is 17.7 Å². The van der Waals surface area contributed by atoms with E-state index < -0.39 is 6.03 Å². The minimum atomic E-state index is -0.457. The molecule has 1 saturated carbocycles. The van der Waals surface area contributed by atoms with Crippen LogP contribution < -0.4 is 16.4 Å². The van der Waals surface area contributed by atoms with Crippen molar-refractivity contribution in [2.24, 2.45) is 11.5 Å². The number of rotatable bonds is 2. The van der Waals surface area contributed by atoms with Gasteiger partial charge in [0.15, 0.2) is 0 Å². The fraction of sp³-hybridized carbons (Fsp3) is 0.462. The molecule has 92 valence electrons. The number of amides is 2. The van der Waals surface area contributed by atoms with Crippen molar-refractivity contribution in [1.82, 2.24) is 0 Å². The minimum Gasteiger partial charge on any atom is -0.351 e. The molecule has 4 N–H and O–H groups in total. The van der Waals surface area contributed by atoms with Crippen LogP contribution in [0, 0.1) is 0 Å². The number of benzene rings is 1. The second kappa shape index (κ2) is 4.37. The fourth-order valence-electron chi connectivity index (χ4n) is 2.44. The highest BCUT2D eigenvalue weighted by atomic mass is 16.2. The van der Waals surface area contributed by atoms with Crippen LogP contribution in [0.2, 0.25) is 0 Å². The number of anilines is 1. The van der Waals surface area contributed by atoms with Gasteiger partial charge in [-0.1, -0.05) is 25.0 Å². The summed E-state index contributed by atoms with van der Waals surface area (Å²) in [6.45, 7) is 0. The van der Waals surface area contributed by atoms with Crippen LogP contribution in [0.3, 0.4) is 0 Å². The molecule has 0 heterocycles. The average Bonchev–Trinajstić information content (AvgIpc) is 2.76. The number of hydrogen-bond acceptors (Lipinski definition) is 2. The number of carbonyl (C=O) groups is 1. The third-order valence-electron chi connectivity index (χ3n) is 3.66. The molecule has 4 nitrogen and oxygen atoms in total. The molecule has 1 aliphatic carbocycles. The third kappa shape index (κ3) is 2.26. The van der Waals surface area contributed by atoms with Crippen LogP contribution in [0.15, 0.2) is 24.3 Å². The molecule has 0 radical (unpaired) electrons. The van der Waals surface area contributed by atoms with Gasteiger partial charge in [-0.15, -0.1) is 0 Å². The van der Waals surface area contributed by atoms with Gasteiger partial charge >= 0.3 is 6.03 Å². The Morgan fingerprint density at radius 2 is 1.76 bits per heavy atom. The van der Waals surface area contributed by atoms with Gasteiger partial charge in [0, 0.05) is 18.3 Å². The fourth-order valence-corrected chi connectivity index (χ4v) is 2.44. The molecule has 4 heteroatoms. The summed E-state index contributed by atoms with van der Waals surface area (Å²) in [5, 5.41) is 0. The predicted molar refractivity (Wildman–Crippen MR) is 68.8 cm³/mol. The Morgan fingerprint density at radius 1 is 1.24 bits per heavy atom. The van der Waals surface area contributed by atoms with Gasteiger partial charge in [0.2, 0.25) is 0 Å². The SMILES string of the molecule is CN(C(N)=O)c1ccc(C2(N)CCCC2)cc1. The number of urea groups is 1. The lowest BCUT2D eigenvalue weighted by atomic mass is 9.89. The molecule has 0 spiro atoms. The second-order valence-electron chi connectivity index (χ2n) is 4.81. The molecule has 1 aromatic rings. The van der Waals surface area contributed by atoms with Crippen molar-refractivity contribution in [3.63, 3.8) is 0 Å². The molecule has 0 aliphatic heterocycles. The number of primary amides is 1. The van der Waals surface area contributed by atoms with Gasteiger partial charge < -0.3 is 11.5 Å². The molecule has 1 fully saturated rings. The lowest BCUT2D eigenvalue weighted by Crippen LogP contribution is -2.34. The van der Waals surface area contributed by atoms with E-state index in [4.69, 9.17) is 11.5 Å². The van der Waals surface area contributed by atoms with Crippen LogP contribution in [0.4, 0.5) is 10.5 Å². The van der Waals surface area contributed by atoms with Gasteiger partial charge in [-0.25, -0.2) is 4.79 Å². The summed E-state index contributed by atoms with van der Waals surface area (Å²) < 4.78 is 0. The van der Waals surface area contributed by atoms with Crippen LogP contribution in [-0.4, -0.2) is 13.1 Å². The van der Waals surface area contributed by atoms with Gasteiger partial charge in [-0.3, -0.25) is 4.90 Å². The van der Waals surface area contributed by atoms with Crippen molar-refractivity contribution in [3.05, 3.63) is 29.8 Å². The van der Waals surface area contributed by atoms with E-state index in [0.717, 1.165) is 24.1 Å². The first-order valence-electron chi connectivity index (χ1n) is 5.95. The third-order valence-corrected chi connectivity index (χ3v) is 3.66. The Balaban J connectivity index is 2.21. The molecule has 0 aromatic heterocycles. The van der Waals surface area contributed by atoms with E-state index in [-0.39, 0.29) is 5.54 Å². The molecule has 0 unspecified atom stereocenters. The molecule has 1 aromatic carbocycles. The Morgan fingerprint density at radius 3 is 2.24 bits per heavy atom. The summed E-state index contributed by atoms with van der Waals surface area (Å²) in [6, 6.07) is 7.33. The van der Waals surface area contributed by atoms with Crippen LogP contribution in [0.25, 0.3) is 0 Å². The van der Waals surface area contributed by atoms with Crippen LogP contribution in [0.5, 0.6) is 0 Å². The van der Waals surface area contributed by atoms with Crippen molar-refractivity contribution >= 4 is 11.7 Å². The van der Waals surface area contributed by atoms with Crippen LogP contribution in [-0.2, 0) is 5.54 Å².